The molecule has 2 aromatic rings. The maximum atomic E-state index is 13.8. The third-order valence-electron chi connectivity index (χ3n) is 3.50. The predicted molar refractivity (Wildman–Crippen MR) is 86.8 cm³/mol. The number of methoxy groups -OCH3 is 1. The van der Waals surface area contributed by atoms with Crippen LogP contribution in [0.3, 0.4) is 0 Å². The van der Waals surface area contributed by atoms with Crippen molar-refractivity contribution in [3.05, 3.63) is 53.8 Å². The zero-order valence-corrected chi connectivity index (χ0v) is 13.0. The first-order valence-corrected chi connectivity index (χ1v) is 7.13. The average Bonchev–Trinajstić information content (AvgIpc) is 2.54. The summed E-state index contributed by atoms with van der Waals surface area (Å²) in [5, 5.41) is 8.96. The van der Waals surface area contributed by atoms with Crippen LogP contribution in [0.1, 0.15) is 24.8 Å². The Morgan fingerprint density at radius 2 is 1.87 bits per heavy atom. The van der Waals surface area contributed by atoms with Crippen molar-refractivity contribution >= 4 is 5.97 Å². The van der Waals surface area contributed by atoms with E-state index >= 15 is 0 Å². The van der Waals surface area contributed by atoms with Crippen LogP contribution in [0.15, 0.2) is 42.5 Å². The number of carboxylic acids is 1. The van der Waals surface area contributed by atoms with E-state index in [1.807, 2.05) is 24.3 Å². The smallest absolute Gasteiger partial charge is 0.304 e. The van der Waals surface area contributed by atoms with E-state index in [2.05, 4.69) is 11.8 Å². The van der Waals surface area contributed by atoms with Gasteiger partial charge in [0.1, 0.15) is 0 Å². The number of carbonyl (C=O) groups is 1. The molecular weight excluding hydrogens is 295 g/mol. The van der Waals surface area contributed by atoms with Gasteiger partial charge in [-0.15, -0.1) is 5.92 Å². The van der Waals surface area contributed by atoms with Crippen LogP contribution in [0.4, 0.5) is 4.39 Å². The highest BCUT2D eigenvalue weighted by Crippen LogP contribution is 2.27. The van der Waals surface area contributed by atoms with Gasteiger partial charge in [0.05, 0.1) is 19.4 Å². The number of rotatable bonds is 5. The average molecular weight is 312 g/mol. The van der Waals surface area contributed by atoms with Gasteiger partial charge < -0.3 is 9.84 Å². The summed E-state index contributed by atoms with van der Waals surface area (Å²) in [6.45, 7) is 1.68. The third-order valence-corrected chi connectivity index (χ3v) is 3.50. The minimum Gasteiger partial charge on any atom is -0.494 e. The maximum absolute atomic E-state index is 13.8. The molecular formula is C19H17FO3. The summed E-state index contributed by atoms with van der Waals surface area (Å²) in [5.41, 5.74) is 2.40. The van der Waals surface area contributed by atoms with E-state index < -0.39 is 11.8 Å². The molecule has 0 radical (unpaired) electrons. The largest absolute Gasteiger partial charge is 0.494 e. The van der Waals surface area contributed by atoms with Crippen molar-refractivity contribution in [1.29, 1.82) is 0 Å². The molecule has 0 aliphatic rings. The number of halogens is 1. The lowest BCUT2D eigenvalue weighted by molar-refractivity contribution is -0.137. The fraction of sp³-hybridized carbons (Fsp3) is 0.211. The minimum atomic E-state index is -0.890. The summed E-state index contributed by atoms with van der Waals surface area (Å²) >= 11 is 0. The Bertz CT molecular complexity index is 754. The zero-order chi connectivity index (χ0) is 16.8. The Morgan fingerprint density at radius 3 is 2.39 bits per heavy atom. The zero-order valence-electron chi connectivity index (χ0n) is 13.0. The van der Waals surface area contributed by atoms with Crippen LogP contribution in [0.25, 0.3) is 11.1 Å². The predicted octanol–water partition coefficient (Wildman–Crippen LogP) is 4.08. The molecule has 0 fully saturated rings. The van der Waals surface area contributed by atoms with Crippen LogP contribution in [-0.2, 0) is 4.79 Å². The topological polar surface area (TPSA) is 46.5 Å². The van der Waals surface area contributed by atoms with Crippen LogP contribution < -0.4 is 4.74 Å². The van der Waals surface area contributed by atoms with Gasteiger partial charge in [-0.2, -0.15) is 0 Å². The maximum Gasteiger partial charge on any atom is 0.304 e. The quantitative estimate of drug-likeness (QED) is 0.846. The van der Waals surface area contributed by atoms with Crippen LogP contribution >= 0.6 is 0 Å². The third kappa shape index (κ3) is 4.10. The lowest BCUT2D eigenvalue weighted by atomic mass is 9.94. The molecule has 0 aromatic heterocycles. The van der Waals surface area contributed by atoms with Crippen LogP contribution in [-0.4, -0.2) is 18.2 Å². The first-order chi connectivity index (χ1) is 11.0. The molecule has 0 amide bonds. The normalized spacial score (nSPS) is 11.3. The van der Waals surface area contributed by atoms with E-state index in [4.69, 9.17) is 9.84 Å². The van der Waals surface area contributed by atoms with E-state index in [0.29, 0.717) is 0 Å². The summed E-state index contributed by atoms with van der Waals surface area (Å²) in [4.78, 5) is 10.9. The van der Waals surface area contributed by atoms with Gasteiger partial charge in [0.25, 0.3) is 0 Å². The number of carboxylic acid groups (broad SMARTS) is 1. The van der Waals surface area contributed by atoms with Gasteiger partial charge in [-0.1, -0.05) is 36.3 Å². The van der Waals surface area contributed by atoms with Crippen molar-refractivity contribution in [2.24, 2.45) is 0 Å². The molecule has 0 spiro atoms. The molecule has 1 N–H and O–H groups in total. The second kappa shape index (κ2) is 7.46. The van der Waals surface area contributed by atoms with Crippen molar-refractivity contribution in [1.82, 2.24) is 0 Å². The van der Waals surface area contributed by atoms with E-state index in [0.717, 1.165) is 16.7 Å². The molecule has 2 rings (SSSR count). The summed E-state index contributed by atoms with van der Waals surface area (Å²) in [6, 6.07) is 12.1. The molecule has 1 unspecified atom stereocenters. The van der Waals surface area contributed by atoms with Crippen molar-refractivity contribution < 1.29 is 19.0 Å². The first kappa shape index (κ1) is 16.6. The highest BCUT2D eigenvalue weighted by molar-refractivity contribution is 5.69. The summed E-state index contributed by atoms with van der Waals surface area (Å²) in [7, 11) is 1.42. The Balaban J connectivity index is 2.29. The molecule has 0 heterocycles. The molecule has 0 aliphatic heterocycles. The molecule has 3 nitrogen and oxygen atoms in total. The van der Waals surface area contributed by atoms with Gasteiger partial charge in [-0.25, -0.2) is 4.39 Å². The Labute approximate surface area is 134 Å². The summed E-state index contributed by atoms with van der Waals surface area (Å²) < 4.78 is 18.7. The van der Waals surface area contributed by atoms with E-state index in [1.165, 1.54) is 13.2 Å². The highest BCUT2D eigenvalue weighted by atomic mass is 19.1. The van der Waals surface area contributed by atoms with Crippen LogP contribution in [0, 0.1) is 17.7 Å². The molecule has 0 saturated carbocycles. The second-order valence-corrected chi connectivity index (χ2v) is 5.02. The van der Waals surface area contributed by atoms with Gasteiger partial charge in [0.15, 0.2) is 11.6 Å². The number of hydrogen-bond donors (Lipinski definition) is 1. The monoisotopic (exact) mass is 312 g/mol. The standard InChI is InChI=1S/C19H17FO3/c1-3-4-15(12-19(21)22)13-5-7-14(8-6-13)16-9-10-18(23-2)17(20)11-16/h5-11,15H,12H2,1-2H3,(H,21,22). The van der Waals surface area contributed by atoms with E-state index in [1.54, 1.807) is 19.1 Å². The molecule has 23 heavy (non-hydrogen) atoms. The second-order valence-electron chi connectivity index (χ2n) is 5.02. The molecule has 2 aromatic carbocycles. The lowest BCUT2D eigenvalue weighted by Gasteiger charge is -2.10. The summed E-state index contributed by atoms with van der Waals surface area (Å²) in [6.07, 6.45) is -0.0443. The Morgan fingerprint density at radius 1 is 1.22 bits per heavy atom. The van der Waals surface area contributed by atoms with Crippen molar-refractivity contribution in [3.8, 4) is 28.7 Å². The number of hydrogen-bond acceptors (Lipinski definition) is 2. The van der Waals surface area contributed by atoms with Gasteiger partial charge in [0, 0.05) is 0 Å². The Kier molecular flexibility index (Phi) is 5.37. The van der Waals surface area contributed by atoms with Crippen molar-refractivity contribution in [3.63, 3.8) is 0 Å². The number of benzene rings is 2. The number of ether oxygens (including phenoxy) is 1. The molecule has 0 aliphatic carbocycles. The van der Waals surface area contributed by atoms with E-state index in [9.17, 15) is 9.18 Å². The van der Waals surface area contributed by atoms with Crippen molar-refractivity contribution in [2.75, 3.05) is 7.11 Å². The van der Waals surface area contributed by atoms with Gasteiger partial charge in [-0.3, -0.25) is 4.79 Å². The van der Waals surface area contributed by atoms with Gasteiger partial charge >= 0.3 is 5.97 Å². The molecule has 118 valence electrons. The fourth-order valence-electron chi connectivity index (χ4n) is 2.35. The minimum absolute atomic E-state index is 0.0443. The molecule has 1 atom stereocenters. The van der Waals surface area contributed by atoms with Crippen LogP contribution in [0.5, 0.6) is 5.75 Å². The van der Waals surface area contributed by atoms with Crippen molar-refractivity contribution in [2.45, 2.75) is 19.3 Å². The number of aliphatic carboxylic acids is 1. The van der Waals surface area contributed by atoms with Crippen LogP contribution in [0.2, 0.25) is 0 Å². The van der Waals surface area contributed by atoms with Gasteiger partial charge in [0.2, 0.25) is 0 Å². The molecule has 4 heteroatoms. The molecule has 0 saturated heterocycles. The van der Waals surface area contributed by atoms with Gasteiger partial charge in [-0.05, 0) is 35.7 Å². The lowest BCUT2D eigenvalue weighted by Crippen LogP contribution is -2.04. The summed E-state index contributed by atoms with van der Waals surface area (Å²) in [5.74, 6) is 4.21. The first-order valence-electron chi connectivity index (χ1n) is 7.13. The highest BCUT2D eigenvalue weighted by Gasteiger charge is 2.13. The van der Waals surface area contributed by atoms with E-state index in [-0.39, 0.29) is 18.1 Å². The fourth-order valence-corrected chi connectivity index (χ4v) is 2.35. The Hall–Kier alpha value is -2.80. The molecule has 0 bridgehead atoms. The SMILES string of the molecule is CC#CC(CC(=O)O)c1ccc(-c2ccc(OC)c(F)c2)cc1.